The zero-order chi connectivity index (χ0) is 20.5. The monoisotopic (exact) mass is 393 g/mol. The van der Waals surface area contributed by atoms with E-state index in [1.165, 1.54) is 18.2 Å². The van der Waals surface area contributed by atoms with E-state index in [-0.39, 0.29) is 11.6 Å². The Balaban J connectivity index is 1.93. The van der Waals surface area contributed by atoms with Crippen LogP contribution in [0.4, 0.5) is 8.78 Å². The van der Waals surface area contributed by atoms with Gasteiger partial charge in [-0.2, -0.15) is 0 Å². The molecule has 4 aromatic carbocycles. The summed E-state index contributed by atoms with van der Waals surface area (Å²) in [6, 6.07) is 30.7. The molecule has 0 N–H and O–H groups in total. The molecule has 1 nitrogen and oxygen atoms in total. The zero-order valence-electron chi connectivity index (χ0n) is 16.0. The average molecular weight is 393 g/mol. The van der Waals surface area contributed by atoms with Crippen LogP contribution in [0.1, 0.15) is 0 Å². The number of fused-ring (bicyclic) bond motifs is 1. The Labute approximate surface area is 173 Å². The summed E-state index contributed by atoms with van der Waals surface area (Å²) < 4.78 is 27.9. The van der Waals surface area contributed by atoms with Crippen LogP contribution in [0.5, 0.6) is 0 Å². The molecule has 0 aliphatic rings. The van der Waals surface area contributed by atoms with Crippen LogP contribution in [0.3, 0.4) is 0 Å². The molecule has 0 saturated heterocycles. The molecule has 5 aromatic rings. The lowest BCUT2D eigenvalue weighted by Crippen LogP contribution is -1.97. The number of halogens is 2. The highest BCUT2D eigenvalue weighted by Crippen LogP contribution is 2.40. The third-order valence-electron chi connectivity index (χ3n) is 5.19. The molecule has 3 heteroatoms. The molecule has 0 spiro atoms. The van der Waals surface area contributed by atoms with Gasteiger partial charge in [-0.3, -0.25) is 0 Å². The summed E-state index contributed by atoms with van der Waals surface area (Å²) in [5, 5.41) is 1.59. The molecule has 5 rings (SSSR count). The van der Waals surface area contributed by atoms with Crippen LogP contribution >= 0.6 is 0 Å². The van der Waals surface area contributed by atoms with Crippen molar-refractivity contribution in [3.63, 3.8) is 0 Å². The molecule has 0 bridgehead atoms. The van der Waals surface area contributed by atoms with E-state index >= 15 is 0 Å². The molecule has 0 aliphatic carbocycles. The van der Waals surface area contributed by atoms with Crippen molar-refractivity contribution in [2.75, 3.05) is 0 Å². The quantitative estimate of drug-likeness (QED) is 0.309. The first-order valence-corrected chi connectivity index (χ1v) is 9.71. The minimum atomic E-state index is -0.310. The summed E-state index contributed by atoms with van der Waals surface area (Å²) >= 11 is 0. The molecule has 0 radical (unpaired) electrons. The van der Waals surface area contributed by atoms with E-state index in [1.54, 1.807) is 24.3 Å². The Morgan fingerprint density at radius 3 is 1.70 bits per heavy atom. The fourth-order valence-corrected chi connectivity index (χ4v) is 3.82. The standard InChI is InChI=1S/C27H17F2N/c28-21-13-11-20(12-14-21)26-23-16-15-22(29)17-24(23)25(18-7-3-1-4-8-18)27(30-26)19-9-5-2-6-10-19/h1-17H. The number of hydrogen-bond donors (Lipinski definition) is 0. The average Bonchev–Trinajstić information content (AvgIpc) is 2.79. The van der Waals surface area contributed by atoms with E-state index in [9.17, 15) is 8.78 Å². The molecule has 0 aliphatic heterocycles. The molecule has 0 unspecified atom stereocenters. The second-order valence-corrected chi connectivity index (χ2v) is 7.11. The first-order valence-electron chi connectivity index (χ1n) is 9.71. The number of benzene rings is 4. The lowest BCUT2D eigenvalue weighted by atomic mass is 9.91. The fraction of sp³-hybridized carbons (Fsp3) is 0. The van der Waals surface area contributed by atoms with Gasteiger partial charge in [0.2, 0.25) is 0 Å². The molecule has 1 heterocycles. The van der Waals surface area contributed by atoms with Gasteiger partial charge in [0.05, 0.1) is 11.4 Å². The molecule has 0 atom stereocenters. The van der Waals surface area contributed by atoms with Gasteiger partial charge < -0.3 is 0 Å². The number of aromatic nitrogens is 1. The largest absolute Gasteiger partial charge is 0.246 e. The van der Waals surface area contributed by atoms with Crippen molar-refractivity contribution in [1.29, 1.82) is 0 Å². The van der Waals surface area contributed by atoms with Gasteiger partial charge in [-0.05, 0) is 53.4 Å². The van der Waals surface area contributed by atoms with Crippen molar-refractivity contribution in [1.82, 2.24) is 4.98 Å². The molecule has 0 amide bonds. The van der Waals surface area contributed by atoms with Gasteiger partial charge in [-0.25, -0.2) is 13.8 Å². The van der Waals surface area contributed by atoms with Gasteiger partial charge in [-0.1, -0.05) is 60.7 Å². The first-order chi connectivity index (χ1) is 14.7. The SMILES string of the molecule is Fc1ccc(-c2nc(-c3ccccc3)c(-c3ccccc3)c3cc(F)ccc23)cc1. The third-order valence-corrected chi connectivity index (χ3v) is 5.19. The molecule has 0 fully saturated rings. The van der Waals surface area contributed by atoms with Gasteiger partial charge in [0, 0.05) is 22.1 Å². The first kappa shape index (κ1) is 18.2. The Bertz CT molecular complexity index is 1330. The van der Waals surface area contributed by atoms with E-state index in [4.69, 9.17) is 4.98 Å². The maximum Gasteiger partial charge on any atom is 0.123 e. The van der Waals surface area contributed by atoms with E-state index in [0.29, 0.717) is 5.69 Å². The van der Waals surface area contributed by atoms with Gasteiger partial charge in [0.1, 0.15) is 11.6 Å². The Morgan fingerprint density at radius 1 is 0.467 bits per heavy atom. The van der Waals surface area contributed by atoms with Crippen molar-refractivity contribution >= 4 is 10.8 Å². The highest BCUT2D eigenvalue weighted by molar-refractivity contribution is 6.08. The normalized spacial score (nSPS) is 11.0. The van der Waals surface area contributed by atoms with Crippen LogP contribution < -0.4 is 0 Å². The van der Waals surface area contributed by atoms with E-state index in [0.717, 1.165) is 38.7 Å². The second kappa shape index (κ2) is 7.53. The predicted molar refractivity (Wildman–Crippen MR) is 118 cm³/mol. The predicted octanol–water partition coefficient (Wildman–Crippen LogP) is 7.51. The Morgan fingerprint density at radius 2 is 1.03 bits per heavy atom. The minimum absolute atomic E-state index is 0.307. The van der Waals surface area contributed by atoms with Crippen molar-refractivity contribution in [2.45, 2.75) is 0 Å². The second-order valence-electron chi connectivity index (χ2n) is 7.11. The topological polar surface area (TPSA) is 12.9 Å². The van der Waals surface area contributed by atoms with Crippen LogP contribution in [-0.2, 0) is 0 Å². The minimum Gasteiger partial charge on any atom is -0.246 e. The molecular weight excluding hydrogens is 376 g/mol. The van der Waals surface area contributed by atoms with Crippen molar-refractivity contribution in [3.05, 3.63) is 115 Å². The summed E-state index contributed by atoms with van der Waals surface area (Å²) in [7, 11) is 0. The summed E-state index contributed by atoms with van der Waals surface area (Å²) in [6.45, 7) is 0. The maximum atomic E-state index is 14.4. The number of hydrogen-bond acceptors (Lipinski definition) is 1. The maximum absolute atomic E-state index is 14.4. The summed E-state index contributed by atoms with van der Waals surface area (Å²) in [6.07, 6.45) is 0. The number of pyridine rings is 1. The van der Waals surface area contributed by atoms with Crippen molar-refractivity contribution < 1.29 is 8.78 Å². The Hall–Kier alpha value is -3.85. The zero-order valence-corrected chi connectivity index (χ0v) is 16.0. The fourth-order valence-electron chi connectivity index (χ4n) is 3.82. The molecular formula is C27H17F2N. The summed E-state index contributed by atoms with van der Waals surface area (Å²) in [5.74, 6) is -0.617. The van der Waals surface area contributed by atoms with Gasteiger partial charge in [-0.15, -0.1) is 0 Å². The van der Waals surface area contributed by atoms with Gasteiger partial charge >= 0.3 is 0 Å². The molecule has 144 valence electrons. The van der Waals surface area contributed by atoms with E-state index in [1.807, 2.05) is 60.7 Å². The molecule has 1 aromatic heterocycles. The lowest BCUT2D eigenvalue weighted by Gasteiger charge is -2.17. The van der Waals surface area contributed by atoms with E-state index in [2.05, 4.69) is 0 Å². The third kappa shape index (κ3) is 3.25. The highest BCUT2D eigenvalue weighted by atomic mass is 19.1. The van der Waals surface area contributed by atoms with Crippen molar-refractivity contribution in [3.8, 4) is 33.6 Å². The van der Waals surface area contributed by atoms with Crippen LogP contribution in [0, 0.1) is 11.6 Å². The van der Waals surface area contributed by atoms with Gasteiger partial charge in [0.25, 0.3) is 0 Å². The Kier molecular flexibility index (Phi) is 4.56. The van der Waals surface area contributed by atoms with Crippen LogP contribution in [0.15, 0.2) is 103 Å². The summed E-state index contributed by atoms with van der Waals surface area (Å²) in [5.41, 5.74) is 5.02. The van der Waals surface area contributed by atoms with E-state index < -0.39 is 0 Å². The number of nitrogens with zero attached hydrogens (tertiary/aromatic N) is 1. The van der Waals surface area contributed by atoms with Crippen molar-refractivity contribution in [2.24, 2.45) is 0 Å². The van der Waals surface area contributed by atoms with Gasteiger partial charge in [0.15, 0.2) is 0 Å². The van der Waals surface area contributed by atoms with Crippen LogP contribution in [-0.4, -0.2) is 4.98 Å². The molecule has 0 saturated carbocycles. The number of rotatable bonds is 3. The molecule has 30 heavy (non-hydrogen) atoms. The summed E-state index contributed by atoms with van der Waals surface area (Å²) in [4.78, 5) is 5.03. The highest BCUT2D eigenvalue weighted by Gasteiger charge is 2.18. The lowest BCUT2D eigenvalue weighted by molar-refractivity contribution is 0.628. The smallest absolute Gasteiger partial charge is 0.123 e. The van der Waals surface area contributed by atoms with Crippen LogP contribution in [0.25, 0.3) is 44.4 Å². The van der Waals surface area contributed by atoms with Crippen LogP contribution in [0.2, 0.25) is 0 Å².